The Kier molecular flexibility index (Phi) is 5.20. The number of para-hydroxylation sites is 1. The summed E-state index contributed by atoms with van der Waals surface area (Å²) in [5.41, 5.74) is 4.60. The molecular weight excluding hydrogens is 426 g/mol. The molecule has 0 unspecified atom stereocenters. The number of pyridine rings is 1. The largest absolute Gasteiger partial charge is 0.298 e. The van der Waals surface area contributed by atoms with Crippen molar-refractivity contribution in [1.29, 1.82) is 0 Å². The van der Waals surface area contributed by atoms with Gasteiger partial charge in [-0.25, -0.2) is 9.97 Å². The fraction of sp³-hybridized carbons (Fsp3) is 0. The highest BCUT2D eigenvalue weighted by Gasteiger charge is 2.16. The Hall–Kier alpha value is -3.54. The van der Waals surface area contributed by atoms with E-state index in [4.69, 9.17) is 16.6 Å². The number of fused-ring (bicyclic) bond motifs is 1. The van der Waals surface area contributed by atoms with E-state index in [0.717, 1.165) is 33.4 Å². The Balaban J connectivity index is 1.51. The van der Waals surface area contributed by atoms with Crippen molar-refractivity contribution in [2.24, 2.45) is 0 Å². The fourth-order valence-corrected chi connectivity index (χ4v) is 4.35. The van der Waals surface area contributed by atoms with Crippen molar-refractivity contribution < 1.29 is 4.79 Å². The van der Waals surface area contributed by atoms with Crippen molar-refractivity contribution in [1.82, 2.24) is 9.97 Å². The van der Waals surface area contributed by atoms with Gasteiger partial charge in [-0.05, 0) is 18.2 Å². The number of thiazole rings is 1. The molecule has 3 aromatic carbocycles. The smallest absolute Gasteiger partial charge is 0.258 e. The molecule has 6 heteroatoms. The maximum absolute atomic E-state index is 13.2. The topological polar surface area (TPSA) is 54.9 Å². The van der Waals surface area contributed by atoms with E-state index >= 15 is 0 Å². The standard InChI is InChI=1S/C25H16ClN3OS/c26-20-12-6-4-11-18(20)23-15-31-25(28-23)29-24(30)19-14-22(16-8-2-1-3-9-16)27-21-13-7-5-10-17(19)21/h1-15H,(H,28,29,30). The van der Waals surface area contributed by atoms with Crippen molar-refractivity contribution in [3.8, 4) is 22.5 Å². The predicted molar refractivity (Wildman–Crippen MR) is 128 cm³/mol. The van der Waals surface area contributed by atoms with Crippen molar-refractivity contribution in [2.75, 3.05) is 5.32 Å². The summed E-state index contributed by atoms with van der Waals surface area (Å²) in [5, 5.41) is 6.76. The fourth-order valence-electron chi connectivity index (χ4n) is 3.41. The minimum atomic E-state index is -0.226. The highest BCUT2D eigenvalue weighted by atomic mass is 35.5. The zero-order valence-electron chi connectivity index (χ0n) is 16.2. The highest BCUT2D eigenvalue weighted by molar-refractivity contribution is 7.14. The minimum Gasteiger partial charge on any atom is -0.298 e. The minimum absolute atomic E-state index is 0.226. The van der Waals surface area contributed by atoms with Crippen LogP contribution in [0.15, 0.2) is 90.3 Å². The number of nitrogens with zero attached hydrogens (tertiary/aromatic N) is 2. The first-order valence-electron chi connectivity index (χ1n) is 9.66. The van der Waals surface area contributed by atoms with E-state index in [1.165, 1.54) is 11.3 Å². The third kappa shape index (κ3) is 3.93. The summed E-state index contributed by atoms with van der Waals surface area (Å²) < 4.78 is 0. The monoisotopic (exact) mass is 441 g/mol. The third-order valence-corrected chi connectivity index (χ3v) is 5.99. The first kappa shape index (κ1) is 19.4. The molecule has 5 rings (SSSR count). The first-order valence-corrected chi connectivity index (χ1v) is 10.9. The van der Waals surface area contributed by atoms with E-state index in [9.17, 15) is 4.79 Å². The maximum atomic E-state index is 13.2. The Bertz CT molecular complexity index is 1400. The molecule has 0 atom stereocenters. The van der Waals surface area contributed by atoms with Gasteiger partial charge in [0.05, 0.1) is 22.5 Å². The molecule has 1 amide bonds. The second-order valence-electron chi connectivity index (χ2n) is 6.91. The number of rotatable bonds is 4. The van der Waals surface area contributed by atoms with Crippen LogP contribution in [-0.4, -0.2) is 15.9 Å². The lowest BCUT2D eigenvalue weighted by atomic mass is 10.0. The first-order chi connectivity index (χ1) is 15.2. The quantitative estimate of drug-likeness (QED) is 0.329. The number of anilines is 1. The molecule has 5 aromatic rings. The van der Waals surface area contributed by atoms with Crippen molar-refractivity contribution in [2.45, 2.75) is 0 Å². The summed E-state index contributed by atoms with van der Waals surface area (Å²) in [7, 11) is 0. The van der Waals surface area contributed by atoms with Crippen LogP contribution in [0.1, 0.15) is 10.4 Å². The lowest BCUT2D eigenvalue weighted by Crippen LogP contribution is -2.13. The van der Waals surface area contributed by atoms with Crippen molar-refractivity contribution in [3.05, 3.63) is 101 Å². The van der Waals surface area contributed by atoms with Crippen LogP contribution in [0.25, 0.3) is 33.4 Å². The maximum Gasteiger partial charge on any atom is 0.258 e. The molecule has 4 nitrogen and oxygen atoms in total. The van der Waals surface area contributed by atoms with Gasteiger partial charge in [-0.2, -0.15) is 0 Å². The summed E-state index contributed by atoms with van der Waals surface area (Å²) in [5.74, 6) is -0.226. The van der Waals surface area contributed by atoms with E-state index in [2.05, 4.69) is 10.3 Å². The third-order valence-electron chi connectivity index (χ3n) is 4.90. The molecule has 0 aliphatic carbocycles. The Labute approximate surface area is 188 Å². The summed E-state index contributed by atoms with van der Waals surface area (Å²) >= 11 is 7.65. The zero-order chi connectivity index (χ0) is 21.2. The van der Waals surface area contributed by atoms with Gasteiger partial charge in [-0.15, -0.1) is 11.3 Å². The molecule has 0 radical (unpaired) electrons. The summed E-state index contributed by atoms with van der Waals surface area (Å²) in [6.07, 6.45) is 0. The molecule has 0 aliphatic rings. The Morgan fingerprint density at radius 2 is 1.58 bits per heavy atom. The molecule has 0 saturated carbocycles. The van der Waals surface area contributed by atoms with Gasteiger partial charge in [0.15, 0.2) is 5.13 Å². The number of hydrogen-bond acceptors (Lipinski definition) is 4. The number of hydrogen-bond donors (Lipinski definition) is 1. The number of carbonyl (C=O) groups excluding carboxylic acids is 1. The summed E-state index contributed by atoms with van der Waals surface area (Å²) in [6, 6.07) is 26.8. The van der Waals surface area contributed by atoms with Crippen LogP contribution in [0, 0.1) is 0 Å². The van der Waals surface area contributed by atoms with Crippen molar-refractivity contribution >= 4 is 44.9 Å². The SMILES string of the molecule is O=C(Nc1nc(-c2ccccc2Cl)cs1)c1cc(-c2ccccc2)nc2ccccc12. The summed E-state index contributed by atoms with van der Waals surface area (Å²) in [4.78, 5) is 22.5. The van der Waals surface area contributed by atoms with Crippen LogP contribution >= 0.6 is 22.9 Å². The lowest BCUT2D eigenvalue weighted by Gasteiger charge is -2.09. The van der Waals surface area contributed by atoms with Crippen LogP contribution in [0.3, 0.4) is 0 Å². The van der Waals surface area contributed by atoms with Gasteiger partial charge in [0.1, 0.15) is 0 Å². The van der Waals surface area contributed by atoms with Crippen molar-refractivity contribution in [3.63, 3.8) is 0 Å². The number of aromatic nitrogens is 2. The van der Waals surface area contributed by atoms with Crippen LogP contribution < -0.4 is 5.32 Å². The van der Waals surface area contributed by atoms with Gasteiger partial charge in [0.2, 0.25) is 0 Å². The molecule has 0 bridgehead atoms. The highest BCUT2D eigenvalue weighted by Crippen LogP contribution is 2.31. The van der Waals surface area contributed by atoms with Gasteiger partial charge < -0.3 is 0 Å². The van der Waals surface area contributed by atoms with Gasteiger partial charge in [-0.3, -0.25) is 10.1 Å². The number of benzene rings is 3. The van der Waals surface area contributed by atoms with Crippen LogP contribution in [0.2, 0.25) is 5.02 Å². The molecule has 2 aromatic heterocycles. The van der Waals surface area contributed by atoms with Gasteiger partial charge in [-0.1, -0.05) is 78.3 Å². The number of amides is 1. The zero-order valence-corrected chi connectivity index (χ0v) is 17.8. The molecule has 0 saturated heterocycles. The van der Waals surface area contributed by atoms with Gasteiger partial charge >= 0.3 is 0 Å². The molecule has 31 heavy (non-hydrogen) atoms. The average molecular weight is 442 g/mol. The van der Waals surface area contributed by atoms with Crippen LogP contribution in [-0.2, 0) is 0 Å². The molecule has 2 heterocycles. The number of carbonyl (C=O) groups is 1. The second kappa shape index (κ2) is 8.30. The van der Waals surface area contributed by atoms with Gasteiger partial charge in [0, 0.05) is 26.9 Å². The van der Waals surface area contributed by atoms with E-state index < -0.39 is 0 Å². The average Bonchev–Trinajstić information content (AvgIpc) is 3.27. The van der Waals surface area contributed by atoms with E-state index in [1.54, 1.807) is 0 Å². The normalized spacial score (nSPS) is 10.9. The molecule has 0 aliphatic heterocycles. The number of halogens is 1. The van der Waals surface area contributed by atoms with Gasteiger partial charge in [0.25, 0.3) is 5.91 Å². The molecular formula is C25H16ClN3OS. The lowest BCUT2D eigenvalue weighted by molar-refractivity contribution is 0.102. The summed E-state index contributed by atoms with van der Waals surface area (Å²) in [6.45, 7) is 0. The van der Waals surface area contributed by atoms with E-state index in [1.807, 2.05) is 90.3 Å². The Morgan fingerprint density at radius 1 is 0.839 bits per heavy atom. The molecule has 0 fully saturated rings. The molecule has 1 N–H and O–H groups in total. The molecule has 150 valence electrons. The predicted octanol–water partition coefficient (Wildman–Crippen LogP) is 6.93. The van der Waals surface area contributed by atoms with E-state index in [0.29, 0.717) is 15.7 Å². The van der Waals surface area contributed by atoms with Crippen LogP contribution in [0.5, 0.6) is 0 Å². The Morgan fingerprint density at radius 3 is 2.42 bits per heavy atom. The molecule has 0 spiro atoms. The number of nitrogens with one attached hydrogen (secondary N) is 1. The second-order valence-corrected chi connectivity index (χ2v) is 8.18. The van der Waals surface area contributed by atoms with Crippen LogP contribution in [0.4, 0.5) is 5.13 Å². The van der Waals surface area contributed by atoms with E-state index in [-0.39, 0.29) is 5.91 Å².